The number of carbonyl (C=O) groups is 1. The third-order valence-corrected chi connectivity index (χ3v) is 3.77. The molecule has 0 saturated carbocycles. The van der Waals surface area contributed by atoms with Gasteiger partial charge in [-0.25, -0.2) is 9.67 Å². The minimum absolute atomic E-state index is 0.115. The van der Waals surface area contributed by atoms with Crippen LogP contribution in [0.2, 0.25) is 0 Å². The zero-order valence-electron chi connectivity index (χ0n) is 12.1. The van der Waals surface area contributed by atoms with Crippen LogP contribution in [-0.2, 0) is 11.3 Å². The molecule has 2 aromatic rings. The molecule has 1 aliphatic heterocycles. The van der Waals surface area contributed by atoms with Crippen LogP contribution in [-0.4, -0.2) is 38.7 Å². The molecular formula is C15H19N5O. The van der Waals surface area contributed by atoms with E-state index in [9.17, 15) is 4.79 Å². The highest BCUT2D eigenvalue weighted by molar-refractivity contribution is 5.76. The molecule has 2 N–H and O–H groups in total. The molecule has 1 saturated heterocycles. The number of anilines is 1. The van der Waals surface area contributed by atoms with Crippen LogP contribution < -0.4 is 5.73 Å². The maximum Gasteiger partial charge on any atom is 0.244 e. The number of benzene rings is 1. The van der Waals surface area contributed by atoms with Gasteiger partial charge in [0.25, 0.3) is 0 Å². The average Bonchev–Trinajstić information content (AvgIpc) is 3.10. The van der Waals surface area contributed by atoms with Crippen molar-refractivity contribution in [2.24, 2.45) is 0 Å². The molecule has 2 heterocycles. The second kappa shape index (κ2) is 5.55. The van der Waals surface area contributed by atoms with E-state index in [2.05, 4.69) is 10.1 Å². The predicted molar refractivity (Wildman–Crippen MR) is 80.4 cm³/mol. The van der Waals surface area contributed by atoms with Gasteiger partial charge in [0.05, 0.1) is 0 Å². The van der Waals surface area contributed by atoms with Crippen LogP contribution in [0.25, 0.3) is 11.4 Å². The molecule has 0 spiro atoms. The van der Waals surface area contributed by atoms with Crippen molar-refractivity contribution in [3.63, 3.8) is 0 Å². The summed E-state index contributed by atoms with van der Waals surface area (Å²) in [4.78, 5) is 18.5. The second-order valence-electron chi connectivity index (χ2n) is 5.35. The Labute approximate surface area is 123 Å². The maximum atomic E-state index is 12.2. The minimum Gasteiger partial charge on any atom is -0.399 e. The molecule has 0 atom stereocenters. The third kappa shape index (κ3) is 2.89. The van der Waals surface area contributed by atoms with Gasteiger partial charge >= 0.3 is 0 Å². The molecule has 6 nitrogen and oxygen atoms in total. The lowest BCUT2D eigenvalue weighted by Crippen LogP contribution is -2.31. The fraction of sp³-hybridized carbons (Fsp3) is 0.400. The molecule has 21 heavy (non-hydrogen) atoms. The Hall–Kier alpha value is -2.37. The smallest absolute Gasteiger partial charge is 0.244 e. The van der Waals surface area contributed by atoms with E-state index in [4.69, 9.17) is 5.73 Å². The van der Waals surface area contributed by atoms with Crippen molar-refractivity contribution < 1.29 is 4.79 Å². The summed E-state index contributed by atoms with van der Waals surface area (Å²) in [5.74, 6) is 1.49. The molecule has 0 bridgehead atoms. The first-order valence-electron chi connectivity index (χ1n) is 7.18. The minimum atomic E-state index is 0.115. The Bertz CT molecular complexity index is 641. The van der Waals surface area contributed by atoms with Gasteiger partial charge in [0.15, 0.2) is 5.82 Å². The van der Waals surface area contributed by atoms with Gasteiger partial charge in [-0.1, -0.05) is 0 Å². The predicted octanol–water partition coefficient (Wildman–Crippen LogP) is 1.46. The normalized spacial score (nSPS) is 14.6. The highest BCUT2D eigenvalue weighted by Crippen LogP contribution is 2.17. The summed E-state index contributed by atoms with van der Waals surface area (Å²) >= 11 is 0. The van der Waals surface area contributed by atoms with Crippen LogP contribution in [0.1, 0.15) is 18.7 Å². The van der Waals surface area contributed by atoms with Crippen molar-refractivity contribution in [2.45, 2.75) is 26.3 Å². The molecular weight excluding hydrogens is 266 g/mol. The van der Waals surface area contributed by atoms with E-state index in [1.807, 2.05) is 36.1 Å². The van der Waals surface area contributed by atoms with Crippen molar-refractivity contribution >= 4 is 11.6 Å². The SMILES string of the molecule is Cc1nc(-c2ccc(N)cc2)nn1CC(=O)N1CCCC1. The van der Waals surface area contributed by atoms with Gasteiger partial charge in [-0.05, 0) is 44.0 Å². The number of hydrogen-bond acceptors (Lipinski definition) is 4. The summed E-state index contributed by atoms with van der Waals surface area (Å²) in [7, 11) is 0. The highest BCUT2D eigenvalue weighted by Gasteiger charge is 2.19. The lowest BCUT2D eigenvalue weighted by atomic mass is 10.2. The van der Waals surface area contributed by atoms with E-state index in [-0.39, 0.29) is 12.5 Å². The van der Waals surface area contributed by atoms with Crippen LogP contribution in [0, 0.1) is 6.92 Å². The van der Waals surface area contributed by atoms with E-state index in [1.54, 1.807) is 4.68 Å². The zero-order chi connectivity index (χ0) is 14.8. The number of amides is 1. The number of nitrogens with two attached hydrogens (primary N) is 1. The first-order valence-corrected chi connectivity index (χ1v) is 7.18. The van der Waals surface area contributed by atoms with Gasteiger partial charge in [-0.3, -0.25) is 4.79 Å². The molecule has 6 heteroatoms. The number of hydrogen-bond donors (Lipinski definition) is 1. The van der Waals surface area contributed by atoms with Gasteiger partial charge in [-0.2, -0.15) is 5.10 Å². The monoisotopic (exact) mass is 285 g/mol. The molecule has 110 valence electrons. The number of rotatable bonds is 3. The lowest BCUT2D eigenvalue weighted by Gasteiger charge is -2.15. The van der Waals surface area contributed by atoms with Gasteiger partial charge < -0.3 is 10.6 Å². The highest BCUT2D eigenvalue weighted by atomic mass is 16.2. The molecule has 0 radical (unpaired) electrons. The van der Waals surface area contributed by atoms with Crippen molar-refractivity contribution in [3.05, 3.63) is 30.1 Å². The van der Waals surface area contributed by atoms with Crippen LogP contribution in [0.15, 0.2) is 24.3 Å². The number of carbonyl (C=O) groups excluding carboxylic acids is 1. The van der Waals surface area contributed by atoms with Crippen LogP contribution >= 0.6 is 0 Å². The van der Waals surface area contributed by atoms with E-state index in [0.717, 1.165) is 37.3 Å². The number of aryl methyl sites for hydroxylation is 1. The maximum absolute atomic E-state index is 12.2. The lowest BCUT2D eigenvalue weighted by molar-refractivity contribution is -0.131. The topological polar surface area (TPSA) is 77.0 Å². The van der Waals surface area contributed by atoms with Crippen molar-refractivity contribution in [3.8, 4) is 11.4 Å². The van der Waals surface area contributed by atoms with Crippen LogP contribution in [0.3, 0.4) is 0 Å². The molecule has 1 aliphatic rings. The van der Waals surface area contributed by atoms with E-state index < -0.39 is 0 Å². The van der Waals surface area contributed by atoms with E-state index >= 15 is 0 Å². The van der Waals surface area contributed by atoms with Crippen molar-refractivity contribution in [1.82, 2.24) is 19.7 Å². The summed E-state index contributed by atoms with van der Waals surface area (Å²) < 4.78 is 1.67. The Morgan fingerprint density at radius 1 is 1.24 bits per heavy atom. The summed E-state index contributed by atoms with van der Waals surface area (Å²) in [6.07, 6.45) is 2.19. The number of nitrogen functional groups attached to an aromatic ring is 1. The van der Waals surface area contributed by atoms with Gasteiger partial charge in [-0.15, -0.1) is 0 Å². The van der Waals surface area contributed by atoms with Gasteiger partial charge in [0.2, 0.25) is 5.91 Å². The first-order chi connectivity index (χ1) is 10.1. The summed E-state index contributed by atoms with van der Waals surface area (Å²) in [5, 5.41) is 4.44. The largest absolute Gasteiger partial charge is 0.399 e. The summed E-state index contributed by atoms with van der Waals surface area (Å²) in [5.41, 5.74) is 7.29. The molecule has 0 aliphatic carbocycles. The number of aromatic nitrogens is 3. The van der Waals surface area contributed by atoms with E-state index in [0.29, 0.717) is 11.5 Å². The Balaban J connectivity index is 1.77. The number of likely N-dealkylation sites (tertiary alicyclic amines) is 1. The molecule has 1 amide bonds. The summed E-state index contributed by atoms with van der Waals surface area (Å²) in [6.45, 7) is 3.84. The van der Waals surface area contributed by atoms with E-state index in [1.165, 1.54) is 0 Å². The molecule has 0 unspecified atom stereocenters. The quantitative estimate of drug-likeness (QED) is 0.866. The second-order valence-corrected chi connectivity index (χ2v) is 5.35. The molecule has 1 aromatic heterocycles. The Morgan fingerprint density at radius 3 is 2.57 bits per heavy atom. The standard InChI is InChI=1S/C15H19N5O/c1-11-17-15(12-4-6-13(16)7-5-12)18-20(11)10-14(21)19-8-2-3-9-19/h4-7H,2-3,8-10,16H2,1H3. The van der Waals surface area contributed by atoms with Crippen molar-refractivity contribution in [1.29, 1.82) is 0 Å². The summed E-state index contributed by atoms with van der Waals surface area (Å²) in [6, 6.07) is 7.41. The third-order valence-electron chi connectivity index (χ3n) is 3.77. The zero-order valence-corrected chi connectivity index (χ0v) is 12.1. The van der Waals surface area contributed by atoms with Gasteiger partial charge in [0.1, 0.15) is 12.4 Å². The fourth-order valence-corrected chi connectivity index (χ4v) is 2.52. The average molecular weight is 285 g/mol. The molecule has 1 aromatic carbocycles. The van der Waals surface area contributed by atoms with Crippen molar-refractivity contribution in [2.75, 3.05) is 18.8 Å². The molecule has 3 rings (SSSR count). The first kappa shape index (κ1) is 13.6. The Kier molecular flexibility index (Phi) is 3.60. The van der Waals surface area contributed by atoms with Crippen LogP contribution in [0.5, 0.6) is 0 Å². The Morgan fingerprint density at radius 2 is 1.90 bits per heavy atom. The van der Waals surface area contributed by atoms with Gasteiger partial charge in [0, 0.05) is 24.3 Å². The van der Waals surface area contributed by atoms with Crippen LogP contribution in [0.4, 0.5) is 5.69 Å². The fourth-order valence-electron chi connectivity index (χ4n) is 2.52. The number of nitrogens with zero attached hydrogens (tertiary/aromatic N) is 4. The molecule has 1 fully saturated rings.